The molecule has 25 heavy (non-hydrogen) atoms. The second-order valence-electron chi connectivity index (χ2n) is 5.46. The van der Waals surface area contributed by atoms with Crippen molar-refractivity contribution in [3.8, 4) is 11.5 Å². The lowest BCUT2D eigenvalue weighted by atomic mass is 10.1. The van der Waals surface area contributed by atoms with Crippen LogP contribution in [0.2, 0.25) is 0 Å². The van der Waals surface area contributed by atoms with Crippen LogP contribution in [-0.2, 0) is 4.79 Å². The minimum Gasteiger partial charge on any atom is -0.493 e. The van der Waals surface area contributed by atoms with Gasteiger partial charge in [-0.1, -0.05) is 0 Å². The summed E-state index contributed by atoms with van der Waals surface area (Å²) < 4.78 is 24.5. The van der Waals surface area contributed by atoms with Crippen molar-refractivity contribution in [2.45, 2.75) is 19.0 Å². The third-order valence-electron chi connectivity index (χ3n) is 3.90. The summed E-state index contributed by atoms with van der Waals surface area (Å²) in [6, 6.07) is 2.20. The fourth-order valence-electron chi connectivity index (χ4n) is 2.59. The molecule has 1 aliphatic rings. The first-order chi connectivity index (χ1) is 11.7. The van der Waals surface area contributed by atoms with Crippen LogP contribution in [0, 0.1) is 10.1 Å². The number of carbonyl (C=O) groups is 2. The number of likely N-dealkylation sites (tertiary alicyclic amines) is 1. The lowest BCUT2D eigenvalue weighted by Crippen LogP contribution is -2.39. The second kappa shape index (κ2) is 6.91. The smallest absolute Gasteiger partial charge is 0.343 e. The Morgan fingerprint density at radius 2 is 2.12 bits per heavy atom. The first kappa shape index (κ1) is 18.4. The van der Waals surface area contributed by atoms with E-state index in [0.717, 1.165) is 17.0 Å². The zero-order valence-electron chi connectivity index (χ0n) is 13.7. The van der Waals surface area contributed by atoms with Crippen LogP contribution >= 0.6 is 0 Å². The summed E-state index contributed by atoms with van der Waals surface area (Å²) >= 11 is 0. The summed E-state index contributed by atoms with van der Waals surface area (Å²) in [6.45, 7) is 1.08. The molecule has 1 unspecified atom stereocenters. The van der Waals surface area contributed by atoms with Gasteiger partial charge in [0.1, 0.15) is 5.56 Å². The quantitative estimate of drug-likeness (QED) is 0.608. The summed E-state index contributed by atoms with van der Waals surface area (Å²) in [5.74, 6) is -2.30. The van der Waals surface area contributed by atoms with Gasteiger partial charge in [0.15, 0.2) is 11.5 Å². The van der Waals surface area contributed by atoms with Crippen LogP contribution in [0.1, 0.15) is 23.7 Å². The van der Waals surface area contributed by atoms with Crippen molar-refractivity contribution in [3.63, 3.8) is 0 Å². The van der Waals surface area contributed by atoms with Crippen LogP contribution < -0.4 is 9.47 Å². The Morgan fingerprint density at radius 3 is 2.60 bits per heavy atom. The Labute approximate surface area is 142 Å². The van der Waals surface area contributed by atoms with Gasteiger partial charge in [0.2, 0.25) is 5.67 Å². The van der Waals surface area contributed by atoms with Crippen LogP contribution in [0.3, 0.4) is 0 Å². The predicted molar refractivity (Wildman–Crippen MR) is 82.8 cm³/mol. The number of carboxylic acid groups (broad SMARTS) is 1. The van der Waals surface area contributed by atoms with E-state index >= 15 is 0 Å². The number of alkyl halides is 1. The van der Waals surface area contributed by atoms with E-state index in [4.69, 9.17) is 14.6 Å². The molecule has 136 valence electrons. The molecule has 1 aromatic rings. The Morgan fingerprint density at radius 1 is 1.44 bits per heavy atom. The molecule has 0 spiro atoms. The fourth-order valence-corrected chi connectivity index (χ4v) is 2.59. The molecule has 1 aromatic carbocycles. The third kappa shape index (κ3) is 3.47. The average molecular weight is 356 g/mol. The van der Waals surface area contributed by atoms with Crippen molar-refractivity contribution in [1.82, 2.24) is 4.90 Å². The highest BCUT2D eigenvalue weighted by atomic mass is 19.1. The highest BCUT2D eigenvalue weighted by Crippen LogP contribution is 2.36. The van der Waals surface area contributed by atoms with E-state index in [1.165, 1.54) is 7.11 Å². The number of methoxy groups -OCH3 is 1. The molecule has 1 amide bonds. The van der Waals surface area contributed by atoms with Gasteiger partial charge in [-0.2, -0.15) is 0 Å². The molecule has 1 saturated heterocycles. The maximum atomic E-state index is 14.2. The molecule has 1 heterocycles. The Bertz CT molecular complexity index is 724. The highest BCUT2D eigenvalue weighted by molar-refractivity contribution is 5.99. The lowest BCUT2D eigenvalue weighted by Gasteiger charge is -2.18. The van der Waals surface area contributed by atoms with Crippen molar-refractivity contribution >= 4 is 17.6 Å². The SMILES string of the molecule is CCOc1cc([N+](=O)[O-])c(C(=O)N2CCC(F)(C(=O)O)C2)cc1OC. The fraction of sp³-hybridized carbons (Fsp3) is 0.467. The predicted octanol–water partition coefficient (Wildman–Crippen LogP) is 1.64. The van der Waals surface area contributed by atoms with Crippen molar-refractivity contribution in [2.24, 2.45) is 0 Å². The minimum absolute atomic E-state index is 0.0973. The normalized spacial score (nSPS) is 19.6. The van der Waals surface area contributed by atoms with Crippen LogP contribution in [0.25, 0.3) is 0 Å². The largest absolute Gasteiger partial charge is 0.493 e. The van der Waals surface area contributed by atoms with E-state index in [0.29, 0.717) is 0 Å². The first-order valence-corrected chi connectivity index (χ1v) is 7.44. The summed E-state index contributed by atoms with van der Waals surface area (Å²) in [5, 5.41) is 20.2. The number of rotatable bonds is 6. The number of hydrogen-bond acceptors (Lipinski definition) is 6. The summed E-state index contributed by atoms with van der Waals surface area (Å²) in [7, 11) is 1.31. The number of carbonyl (C=O) groups excluding carboxylic acids is 1. The number of nitro benzene ring substituents is 1. The number of hydrogen-bond donors (Lipinski definition) is 1. The number of benzene rings is 1. The summed E-state index contributed by atoms with van der Waals surface area (Å²) in [5.41, 5.74) is -3.40. The molecule has 9 nitrogen and oxygen atoms in total. The number of ether oxygens (including phenoxy) is 2. The van der Waals surface area contributed by atoms with E-state index < -0.39 is 34.7 Å². The van der Waals surface area contributed by atoms with Gasteiger partial charge in [0.05, 0.1) is 31.3 Å². The molecule has 10 heteroatoms. The van der Waals surface area contributed by atoms with Gasteiger partial charge in [-0.15, -0.1) is 0 Å². The number of halogens is 1. The van der Waals surface area contributed by atoms with Gasteiger partial charge in [-0.3, -0.25) is 14.9 Å². The Hall–Kier alpha value is -2.91. The number of amides is 1. The monoisotopic (exact) mass is 356 g/mol. The van der Waals surface area contributed by atoms with Crippen LogP contribution in [0.4, 0.5) is 10.1 Å². The molecule has 1 N–H and O–H groups in total. The van der Waals surface area contributed by atoms with Gasteiger partial charge in [-0.05, 0) is 6.92 Å². The molecule has 0 bridgehead atoms. The summed E-state index contributed by atoms with van der Waals surface area (Å²) in [4.78, 5) is 35.0. The molecule has 0 saturated carbocycles. The maximum Gasteiger partial charge on any atom is 0.343 e. The van der Waals surface area contributed by atoms with E-state index in [1.54, 1.807) is 6.92 Å². The van der Waals surface area contributed by atoms with E-state index in [9.17, 15) is 24.1 Å². The highest BCUT2D eigenvalue weighted by Gasteiger charge is 2.47. The minimum atomic E-state index is -2.56. The Balaban J connectivity index is 2.42. The van der Waals surface area contributed by atoms with E-state index in [2.05, 4.69) is 0 Å². The van der Waals surface area contributed by atoms with Crippen LogP contribution in [-0.4, -0.2) is 59.3 Å². The zero-order chi connectivity index (χ0) is 18.8. The number of nitro groups is 1. The molecule has 1 atom stereocenters. The van der Waals surface area contributed by atoms with E-state index in [-0.39, 0.29) is 36.6 Å². The summed E-state index contributed by atoms with van der Waals surface area (Å²) in [6.07, 6.45) is -0.379. The second-order valence-corrected chi connectivity index (χ2v) is 5.46. The van der Waals surface area contributed by atoms with Crippen molar-refractivity contribution in [3.05, 3.63) is 27.8 Å². The number of nitrogens with zero attached hydrogens (tertiary/aromatic N) is 2. The molecule has 0 radical (unpaired) electrons. The van der Waals surface area contributed by atoms with Crippen molar-refractivity contribution in [2.75, 3.05) is 26.8 Å². The molecule has 1 fully saturated rings. The number of aliphatic carboxylic acids is 1. The van der Waals surface area contributed by atoms with Crippen molar-refractivity contribution in [1.29, 1.82) is 0 Å². The molecular weight excluding hydrogens is 339 g/mol. The van der Waals surface area contributed by atoms with Gasteiger partial charge >= 0.3 is 5.97 Å². The van der Waals surface area contributed by atoms with Gasteiger partial charge in [0, 0.05) is 19.0 Å². The van der Waals surface area contributed by atoms with E-state index in [1.807, 2.05) is 0 Å². The van der Waals surface area contributed by atoms with Crippen molar-refractivity contribution < 1.29 is 33.5 Å². The molecule has 0 aromatic heterocycles. The molecular formula is C15H17FN2O7. The molecule has 1 aliphatic heterocycles. The average Bonchev–Trinajstić information content (AvgIpc) is 2.98. The molecule has 2 rings (SSSR count). The third-order valence-corrected chi connectivity index (χ3v) is 3.90. The topological polar surface area (TPSA) is 119 Å². The number of carboxylic acids is 1. The van der Waals surface area contributed by atoms with Crippen LogP contribution in [0.15, 0.2) is 12.1 Å². The molecule has 0 aliphatic carbocycles. The van der Waals surface area contributed by atoms with Gasteiger partial charge < -0.3 is 19.5 Å². The Kier molecular flexibility index (Phi) is 5.10. The zero-order valence-corrected chi connectivity index (χ0v) is 13.7. The lowest BCUT2D eigenvalue weighted by molar-refractivity contribution is -0.385. The van der Waals surface area contributed by atoms with Gasteiger partial charge in [-0.25, -0.2) is 9.18 Å². The maximum absolute atomic E-state index is 14.2. The standard InChI is InChI=1S/C15H17FN2O7/c1-3-25-12-7-10(18(22)23)9(6-11(12)24-2)13(19)17-5-4-15(16,8-17)14(20)21/h6-7H,3-5,8H2,1-2H3,(H,20,21). The van der Waals surface area contributed by atoms with Crippen LogP contribution in [0.5, 0.6) is 11.5 Å². The first-order valence-electron chi connectivity index (χ1n) is 7.44. The van der Waals surface area contributed by atoms with Gasteiger partial charge in [0.25, 0.3) is 11.6 Å².